The molecule has 0 aliphatic carbocycles. The Morgan fingerprint density at radius 3 is 2.45 bits per heavy atom. The van der Waals surface area contributed by atoms with Crippen LogP contribution < -0.4 is 15.4 Å². The summed E-state index contributed by atoms with van der Waals surface area (Å²) in [6.07, 6.45) is 1.46. The van der Waals surface area contributed by atoms with Crippen molar-refractivity contribution < 1.29 is 14.3 Å². The molecule has 0 radical (unpaired) electrons. The number of hydrogen-bond donors (Lipinski definition) is 2. The Labute approximate surface area is 169 Å². The first-order chi connectivity index (χ1) is 14.0. The zero-order valence-corrected chi connectivity index (χ0v) is 16.7. The average Bonchev–Trinajstić information content (AvgIpc) is 2.75. The van der Waals surface area contributed by atoms with Gasteiger partial charge in [-0.2, -0.15) is 0 Å². The molecule has 0 saturated carbocycles. The van der Waals surface area contributed by atoms with Crippen LogP contribution in [-0.2, 0) is 6.54 Å². The molecule has 0 aliphatic heterocycles. The highest BCUT2D eigenvalue weighted by molar-refractivity contribution is 6.05. The number of ether oxygens (including phenoxy) is 1. The number of carbonyl (C=O) groups excluding carboxylic acids is 2. The van der Waals surface area contributed by atoms with Crippen LogP contribution in [0.2, 0.25) is 0 Å². The van der Waals surface area contributed by atoms with Gasteiger partial charge in [-0.3, -0.25) is 14.6 Å². The lowest BCUT2D eigenvalue weighted by atomic mass is 10.1. The fourth-order valence-electron chi connectivity index (χ4n) is 2.78. The van der Waals surface area contributed by atoms with Gasteiger partial charge in [-0.15, -0.1) is 0 Å². The number of pyridine rings is 1. The Morgan fingerprint density at radius 1 is 0.966 bits per heavy atom. The van der Waals surface area contributed by atoms with Gasteiger partial charge in [0.25, 0.3) is 11.8 Å². The molecule has 2 amide bonds. The number of nitrogens with one attached hydrogen (secondary N) is 2. The molecule has 0 fully saturated rings. The normalized spacial score (nSPS) is 10.3. The molecule has 3 rings (SSSR count). The predicted molar refractivity (Wildman–Crippen MR) is 112 cm³/mol. The number of hydrogen-bond acceptors (Lipinski definition) is 4. The second-order valence-electron chi connectivity index (χ2n) is 6.73. The molecule has 2 N–H and O–H groups in total. The Balaban J connectivity index is 1.66. The summed E-state index contributed by atoms with van der Waals surface area (Å²) in [5, 5.41) is 5.70. The van der Waals surface area contributed by atoms with E-state index in [1.54, 1.807) is 13.2 Å². The summed E-state index contributed by atoms with van der Waals surface area (Å²) >= 11 is 0. The molecule has 6 nitrogen and oxygen atoms in total. The van der Waals surface area contributed by atoms with Gasteiger partial charge in [0.05, 0.1) is 7.11 Å². The number of carbonyl (C=O) groups is 2. The lowest BCUT2D eigenvalue weighted by Crippen LogP contribution is -2.23. The van der Waals surface area contributed by atoms with Gasteiger partial charge in [0.2, 0.25) is 0 Å². The molecule has 2 aromatic carbocycles. The molecule has 1 aromatic heterocycles. The molecule has 0 unspecified atom stereocenters. The molecular weight excluding hydrogens is 366 g/mol. The summed E-state index contributed by atoms with van der Waals surface area (Å²) in [5.41, 5.74) is 4.23. The van der Waals surface area contributed by atoms with Crippen LogP contribution in [0.1, 0.15) is 37.5 Å². The number of aromatic nitrogens is 1. The Kier molecular flexibility index (Phi) is 6.24. The molecule has 6 heteroatoms. The minimum Gasteiger partial charge on any atom is -0.497 e. The van der Waals surface area contributed by atoms with E-state index < -0.39 is 0 Å². The second-order valence-corrected chi connectivity index (χ2v) is 6.73. The lowest BCUT2D eigenvalue weighted by Gasteiger charge is -2.10. The van der Waals surface area contributed by atoms with E-state index in [2.05, 4.69) is 15.6 Å². The molecule has 148 valence electrons. The van der Waals surface area contributed by atoms with Crippen LogP contribution in [0, 0.1) is 13.8 Å². The minimum absolute atomic E-state index is 0.183. The largest absolute Gasteiger partial charge is 0.497 e. The van der Waals surface area contributed by atoms with E-state index in [9.17, 15) is 9.59 Å². The van der Waals surface area contributed by atoms with Gasteiger partial charge in [0, 0.05) is 24.0 Å². The fourth-order valence-corrected chi connectivity index (χ4v) is 2.78. The van der Waals surface area contributed by atoms with Crippen LogP contribution in [0.3, 0.4) is 0 Å². The maximum atomic E-state index is 12.6. The topological polar surface area (TPSA) is 80.3 Å². The highest BCUT2D eigenvalue weighted by Gasteiger charge is 2.13. The summed E-state index contributed by atoms with van der Waals surface area (Å²) in [5.74, 6) is 0.126. The molecule has 29 heavy (non-hydrogen) atoms. The number of aryl methyl sites for hydroxylation is 2. The van der Waals surface area contributed by atoms with Gasteiger partial charge in [-0.1, -0.05) is 24.3 Å². The molecule has 0 spiro atoms. The molecule has 3 aromatic rings. The van der Waals surface area contributed by atoms with E-state index in [4.69, 9.17) is 4.74 Å². The van der Waals surface area contributed by atoms with E-state index in [0.29, 0.717) is 12.1 Å². The van der Waals surface area contributed by atoms with E-state index in [1.165, 1.54) is 12.3 Å². The lowest BCUT2D eigenvalue weighted by molar-refractivity contribution is 0.0951. The summed E-state index contributed by atoms with van der Waals surface area (Å²) in [4.78, 5) is 29.2. The Hall–Kier alpha value is -3.67. The molecule has 0 saturated heterocycles. The number of amides is 2. The van der Waals surface area contributed by atoms with Crippen molar-refractivity contribution in [3.05, 3.63) is 88.7 Å². The van der Waals surface area contributed by atoms with Gasteiger partial charge >= 0.3 is 0 Å². The van der Waals surface area contributed by atoms with Crippen LogP contribution in [0.15, 0.2) is 60.8 Å². The number of rotatable bonds is 6. The van der Waals surface area contributed by atoms with Crippen molar-refractivity contribution in [2.24, 2.45) is 0 Å². The van der Waals surface area contributed by atoms with Gasteiger partial charge < -0.3 is 15.4 Å². The van der Waals surface area contributed by atoms with Crippen LogP contribution >= 0.6 is 0 Å². The van der Waals surface area contributed by atoms with Crippen molar-refractivity contribution in [3.8, 4) is 5.75 Å². The van der Waals surface area contributed by atoms with Crippen LogP contribution in [0.25, 0.3) is 0 Å². The van der Waals surface area contributed by atoms with Crippen LogP contribution in [0.4, 0.5) is 5.69 Å². The third kappa shape index (κ3) is 5.19. The highest BCUT2D eigenvalue weighted by Crippen LogP contribution is 2.17. The van der Waals surface area contributed by atoms with Crippen molar-refractivity contribution >= 4 is 17.5 Å². The van der Waals surface area contributed by atoms with Gasteiger partial charge in [-0.25, -0.2) is 0 Å². The maximum absolute atomic E-state index is 12.6. The van der Waals surface area contributed by atoms with Crippen molar-refractivity contribution in [3.63, 3.8) is 0 Å². The SMILES string of the molecule is COc1ccc(CNC(=O)c2ccnc(C(=O)Nc3cc(C)ccc3C)c2)cc1. The molecule has 0 bridgehead atoms. The third-order valence-electron chi connectivity index (χ3n) is 4.51. The monoisotopic (exact) mass is 389 g/mol. The molecule has 0 aliphatic rings. The highest BCUT2D eigenvalue weighted by atomic mass is 16.5. The molecule has 0 atom stereocenters. The first-order valence-corrected chi connectivity index (χ1v) is 9.22. The fraction of sp³-hybridized carbons (Fsp3) is 0.174. The third-order valence-corrected chi connectivity index (χ3v) is 4.51. The summed E-state index contributed by atoms with van der Waals surface area (Å²) in [6.45, 7) is 4.25. The predicted octanol–water partition coefficient (Wildman–Crippen LogP) is 3.89. The summed E-state index contributed by atoms with van der Waals surface area (Å²) in [6, 6.07) is 16.3. The maximum Gasteiger partial charge on any atom is 0.274 e. The first-order valence-electron chi connectivity index (χ1n) is 9.22. The zero-order valence-electron chi connectivity index (χ0n) is 16.7. The quantitative estimate of drug-likeness (QED) is 0.670. The molecule has 1 heterocycles. The number of anilines is 1. The van der Waals surface area contributed by atoms with E-state index in [0.717, 1.165) is 28.1 Å². The summed E-state index contributed by atoms with van der Waals surface area (Å²) in [7, 11) is 1.61. The minimum atomic E-state index is -0.358. The number of benzene rings is 2. The first kappa shape index (κ1) is 20.1. The van der Waals surface area contributed by atoms with Crippen molar-refractivity contribution in [1.29, 1.82) is 0 Å². The Morgan fingerprint density at radius 2 is 1.72 bits per heavy atom. The molecular formula is C23H23N3O3. The van der Waals surface area contributed by atoms with Gasteiger partial charge in [0.1, 0.15) is 11.4 Å². The van der Waals surface area contributed by atoms with Crippen LogP contribution in [-0.4, -0.2) is 23.9 Å². The van der Waals surface area contributed by atoms with Crippen molar-refractivity contribution in [1.82, 2.24) is 10.3 Å². The number of methoxy groups -OCH3 is 1. The van der Waals surface area contributed by atoms with Crippen LogP contribution in [0.5, 0.6) is 5.75 Å². The zero-order chi connectivity index (χ0) is 20.8. The average molecular weight is 389 g/mol. The Bertz CT molecular complexity index is 1030. The van der Waals surface area contributed by atoms with Crippen molar-refractivity contribution in [2.45, 2.75) is 20.4 Å². The van der Waals surface area contributed by atoms with E-state index in [1.807, 2.05) is 56.3 Å². The van der Waals surface area contributed by atoms with Gasteiger partial charge in [-0.05, 0) is 60.9 Å². The standard InChI is InChI=1S/C23H23N3O3/c1-15-4-5-16(2)20(12-15)26-23(28)21-13-18(10-11-24-21)22(27)25-14-17-6-8-19(29-3)9-7-17/h4-13H,14H2,1-3H3,(H,25,27)(H,26,28). The van der Waals surface area contributed by atoms with Gasteiger partial charge in [0.15, 0.2) is 0 Å². The second kappa shape index (κ2) is 9.01. The van der Waals surface area contributed by atoms with E-state index >= 15 is 0 Å². The summed E-state index contributed by atoms with van der Waals surface area (Å²) < 4.78 is 5.12. The van der Waals surface area contributed by atoms with Crippen molar-refractivity contribution in [2.75, 3.05) is 12.4 Å². The smallest absolute Gasteiger partial charge is 0.274 e. The van der Waals surface area contributed by atoms with E-state index in [-0.39, 0.29) is 17.5 Å². The number of nitrogens with zero attached hydrogens (tertiary/aromatic N) is 1.